The lowest BCUT2D eigenvalue weighted by molar-refractivity contribution is 0.127. The molecule has 1 heterocycles. The molecule has 0 spiro atoms. The summed E-state index contributed by atoms with van der Waals surface area (Å²) >= 11 is 5.62. The van der Waals surface area contributed by atoms with Crippen LogP contribution in [0.5, 0.6) is 0 Å². The highest BCUT2D eigenvalue weighted by molar-refractivity contribution is 9.09. The van der Waals surface area contributed by atoms with E-state index in [0.29, 0.717) is 11.5 Å². The van der Waals surface area contributed by atoms with Gasteiger partial charge in [-0.3, -0.25) is 0 Å². The van der Waals surface area contributed by atoms with Gasteiger partial charge >= 0.3 is 0 Å². The van der Waals surface area contributed by atoms with Crippen LogP contribution in [-0.4, -0.2) is 29.0 Å². The molecule has 0 aliphatic carbocycles. The van der Waals surface area contributed by atoms with E-state index in [1.165, 1.54) is 12.2 Å². The molecule has 0 aromatic rings. The summed E-state index contributed by atoms with van der Waals surface area (Å²) < 4.78 is 5.53. The first kappa shape index (κ1) is 11.9. The Morgan fingerprint density at radius 3 is 2.69 bits per heavy atom. The van der Waals surface area contributed by atoms with Gasteiger partial charge in [0.1, 0.15) is 0 Å². The predicted molar refractivity (Wildman–Crippen MR) is 63.9 cm³/mol. The van der Waals surface area contributed by atoms with Gasteiger partial charge in [-0.25, -0.2) is 0 Å². The Bertz CT molecular complexity index is 161. The van der Waals surface area contributed by atoms with Crippen LogP contribution in [0.2, 0.25) is 0 Å². The highest BCUT2D eigenvalue weighted by Crippen LogP contribution is 2.32. The van der Waals surface area contributed by atoms with Crippen LogP contribution < -0.4 is 0 Å². The summed E-state index contributed by atoms with van der Waals surface area (Å²) in [5, 5.41) is 1.80. The van der Waals surface area contributed by atoms with E-state index < -0.39 is 0 Å². The molecule has 0 saturated carbocycles. The minimum atomic E-state index is 0.410. The van der Waals surface area contributed by atoms with Crippen LogP contribution in [0.4, 0.5) is 0 Å². The van der Waals surface area contributed by atoms with Gasteiger partial charge in [0.25, 0.3) is 0 Å². The fraction of sp³-hybridized carbons (Fsp3) is 1.00. The number of thioether (sulfide) groups is 1. The van der Waals surface area contributed by atoms with Crippen LogP contribution in [0.1, 0.15) is 27.2 Å². The molecule has 0 aromatic carbocycles. The van der Waals surface area contributed by atoms with Gasteiger partial charge in [-0.2, -0.15) is 11.8 Å². The van der Waals surface area contributed by atoms with Crippen LogP contribution >= 0.6 is 27.7 Å². The van der Waals surface area contributed by atoms with E-state index in [-0.39, 0.29) is 0 Å². The van der Waals surface area contributed by atoms with Gasteiger partial charge in [-0.15, -0.1) is 0 Å². The van der Waals surface area contributed by atoms with E-state index in [4.69, 9.17) is 4.74 Å². The molecule has 1 rings (SSSR count). The first-order valence-electron chi connectivity index (χ1n) is 4.84. The Balaban J connectivity index is 2.25. The van der Waals surface area contributed by atoms with Crippen LogP contribution in [-0.2, 0) is 4.74 Å². The molecule has 0 N–H and O–H groups in total. The lowest BCUT2D eigenvalue weighted by Crippen LogP contribution is -2.21. The largest absolute Gasteiger partial charge is 0.377 e. The Kier molecular flexibility index (Phi) is 4.59. The highest BCUT2D eigenvalue weighted by Gasteiger charge is 2.27. The van der Waals surface area contributed by atoms with E-state index in [0.717, 1.165) is 17.2 Å². The van der Waals surface area contributed by atoms with Crippen molar-refractivity contribution in [3.8, 4) is 0 Å². The third-order valence-electron chi connectivity index (χ3n) is 2.36. The van der Waals surface area contributed by atoms with E-state index in [9.17, 15) is 0 Å². The van der Waals surface area contributed by atoms with Crippen molar-refractivity contribution in [3.63, 3.8) is 0 Å². The SMILES string of the molecule is CC1OCCC1SCC(C)(C)CBr. The number of halogens is 1. The van der Waals surface area contributed by atoms with Crippen molar-refractivity contribution in [2.45, 2.75) is 38.5 Å². The van der Waals surface area contributed by atoms with E-state index in [2.05, 4.69) is 48.5 Å². The molecule has 0 bridgehead atoms. The molecule has 13 heavy (non-hydrogen) atoms. The summed E-state index contributed by atoms with van der Waals surface area (Å²) in [5.74, 6) is 1.22. The molecule has 0 amide bonds. The normalized spacial score (nSPS) is 29.5. The minimum Gasteiger partial charge on any atom is -0.377 e. The lowest BCUT2D eigenvalue weighted by Gasteiger charge is -2.23. The van der Waals surface area contributed by atoms with E-state index >= 15 is 0 Å². The smallest absolute Gasteiger partial charge is 0.0666 e. The predicted octanol–water partition coefficient (Wildman–Crippen LogP) is 3.32. The first-order chi connectivity index (χ1) is 6.05. The second-order valence-corrected chi connectivity index (χ2v) is 6.30. The lowest BCUT2D eigenvalue weighted by atomic mass is 10.0. The number of rotatable bonds is 4. The van der Waals surface area contributed by atoms with Crippen molar-refractivity contribution in [2.75, 3.05) is 17.7 Å². The highest BCUT2D eigenvalue weighted by atomic mass is 79.9. The van der Waals surface area contributed by atoms with Crippen LogP contribution in [0, 0.1) is 5.41 Å². The fourth-order valence-corrected chi connectivity index (χ4v) is 3.14. The molecule has 3 heteroatoms. The topological polar surface area (TPSA) is 9.23 Å². The molecule has 1 aliphatic heterocycles. The van der Waals surface area contributed by atoms with E-state index in [1.807, 2.05) is 0 Å². The zero-order chi connectivity index (χ0) is 9.90. The first-order valence-corrected chi connectivity index (χ1v) is 7.01. The fourth-order valence-electron chi connectivity index (χ4n) is 1.30. The molecule has 78 valence electrons. The molecule has 2 atom stereocenters. The molecule has 0 aromatic heterocycles. The monoisotopic (exact) mass is 266 g/mol. The summed E-state index contributed by atoms with van der Waals surface area (Å²) in [6.45, 7) is 7.74. The van der Waals surface area contributed by atoms with Gasteiger partial charge < -0.3 is 4.74 Å². The Labute approximate surface area is 94.1 Å². The molecule has 1 nitrogen and oxygen atoms in total. The molecule has 0 radical (unpaired) electrons. The van der Waals surface area contributed by atoms with Crippen molar-refractivity contribution >= 4 is 27.7 Å². The van der Waals surface area contributed by atoms with Gasteiger partial charge in [0.15, 0.2) is 0 Å². The summed E-state index contributed by atoms with van der Waals surface area (Å²) in [6, 6.07) is 0. The summed E-state index contributed by atoms with van der Waals surface area (Å²) in [7, 11) is 0. The van der Waals surface area contributed by atoms with Gasteiger partial charge in [-0.05, 0) is 24.5 Å². The average molecular weight is 267 g/mol. The Morgan fingerprint density at radius 2 is 2.23 bits per heavy atom. The number of alkyl halides is 1. The number of hydrogen-bond donors (Lipinski definition) is 0. The number of hydrogen-bond acceptors (Lipinski definition) is 2. The summed E-state index contributed by atoms with van der Waals surface area (Å²) in [5.41, 5.74) is 0.410. The second kappa shape index (κ2) is 5.04. The standard InChI is InChI=1S/C10H19BrOS/c1-8-9(4-5-12-8)13-7-10(2,3)6-11/h8-9H,4-7H2,1-3H3. The molecule has 1 saturated heterocycles. The van der Waals surface area contributed by atoms with Gasteiger partial charge in [0, 0.05) is 17.2 Å². The molecular formula is C10H19BrOS. The zero-order valence-electron chi connectivity index (χ0n) is 8.68. The molecule has 1 aliphatic rings. The van der Waals surface area contributed by atoms with Gasteiger partial charge in [0.05, 0.1) is 6.10 Å². The second-order valence-electron chi connectivity index (χ2n) is 4.51. The maximum absolute atomic E-state index is 5.53. The van der Waals surface area contributed by atoms with Crippen LogP contribution in [0.25, 0.3) is 0 Å². The van der Waals surface area contributed by atoms with Crippen molar-refractivity contribution in [1.29, 1.82) is 0 Å². The van der Waals surface area contributed by atoms with Crippen molar-refractivity contribution < 1.29 is 4.74 Å². The Hall–Kier alpha value is 0.790. The summed E-state index contributed by atoms with van der Waals surface area (Å²) in [4.78, 5) is 0. The molecule has 2 unspecified atom stereocenters. The quantitative estimate of drug-likeness (QED) is 0.723. The van der Waals surface area contributed by atoms with Crippen LogP contribution in [0.3, 0.4) is 0 Å². The van der Waals surface area contributed by atoms with Crippen LogP contribution in [0.15, 0.2) is 0 Å². The minimum absolute atomic E-state index is 0.410. The van der Waals surface area contributed by atoms with Gasteiger partial charge in [0.2, 0.25) is 0 Å². The number of ether oxygens (including phenoxy) is 1. The average Bonchev–Trinajstić information content (AvgIpc) is 2.48. The van der Waals surface area contributed by atoms with E-state index in [1.54, 1.807) is 0 Å². The summed E-state index contributed by atoms with van der Waals surface area (Å²) in [6.07, 6.45) is 1.68. The maximum Gasteiger partial charge on any atom is 0.0666 e. The zero-order valence-corrected chi connectivity index (χ0v) is 11.1. The third kappa shape index (κ3) is 3.80. The van der Waals surface area contributed by atoms with Gasteiger partial charge in [-0.1, -0.05) is 29.8 Å². The Morgan fingerprint density at radius 1 is 1.54 bits per heavy atom. The van der Waals surface area contributed by atoms with Crippen molar-refractivity contribution in [2.24, 2.45) is 5.41 Å². The maximum atomic E-state index is 5.53. The molecular weight excluding hydrogens is 248 g/mol. The van der Waals surface area contributed by atoms with Crippen molar-refractivity contribution in [3.05, 3.63) is 0 Å². The third-order valence-corrected chi connectivity index (χ3v) is 5.87. The van der Waals surface area contributed by atoms with Crippen molar-refractivity contribution in [1.82, 2.24) is 0 Å². The molecule has 1 fully saturated rings.